The summed E-state index contributed by atoms with van der Waals surface area (Å²) in [5, 5.41) is 5.97. The number of imidazole rings is 1. The zero-order chi connectivity index (χ0) is 22.2. The highest BCUT2D eigenvalue weighted by atomic mass is 15.2. The van der Waals surface area contributed by atoms with Crippen LogP contribution in [0.5, 0.6) is 0 Å². The van der Waals surface area contributed by atoms with Crippen LogP contribution in [0.15, 0.2) is 85.6 Å². The summed E-state index contributed by atoms with van der Waals surface area (Å²) in [6.45, 7) is 5.98. The molecule has 1 fully saturated rings. The second-order valence-corrected chi connectivity index (χ2v) is 8.71. The highest BCUT2D eigenvalue weighted by Gasteiger charge is 2.24. The van der Waals surface area contributed by atoms with Gasteiger partial charge in [-0.05, 0) is 66.0 Å². The van der Waals surface area contributed by atoms with E-state index >= 15 is 0 Å². The third kappa shape index (κ3) is 3.53. The predicted molar refractivity (Wildman–Crippen MR) is 137 cm³/mol. The Morgan fingerprint density at radius 1 is 0.879 bits per heavy atom. The smallest absolute Gasteiger partial charge is 0.161 e. The molecule has 1 aliphatic rings. The number of rotatable bonds is 4. The molecule has 33 heavy (non-hydrogen) atoms. The van der Waals surface area contributed by atoms with Gasteiger partial charge in [0.25, 0.3) is 0 Å². The highest BCUT2D eigenvalue weighted by molar-refractivity contribution is 5.95. The predicted octanol–water partition coefficient (Wildman–Crippen LogP) is 6.49. The number of fused-ring (bicyclic) bond motifs is 2. The van der Waals surface area contributed by atoms with Crippen molar-refractivity contribution >= 4 is 28.0 Å². The van der Waals surface area contributed by atoms with Gasteiger partial charge in [-0.3, -0.25) is 0 Å². The molecule has 162 valence electrons. The molecular weight excluding hydrogens is 404 g/mol. The Balaban J connectivity index is 1.59. The molecule has 0 bridgehead atoms. The van der Waals surface area contributed by atoms with Crippen molar-refractivity contribution in [2.24, 2.45) is 0 Å². The first-order valence-corrected chi connectivity index (χ1v) is 11.6. The van der Waals surface area contributed by atoms with Gasteiger partial charge >= 0.3 is 0 Å². The van der Waals surface area contributed by atoms with Gasteiger partial charge in [-0.15, -0.1) is 0 Å². The van der Waals surface area contributed by atoms with Gasteiger partial charge in [0.15, 0.2) is 5.65 Å². The van der Waals surface area contributed by atoms with E-state index in [1.807, 2.05) is 12.3 Å². The molecule has 0 atom stereocenters. The maximum atomic E-state index is 5.24. The summed E-state index contributed by atoms with van der Waals surface area (Å²) >= 11 is 0. The lowest BCUT2D eigenvalue weighted by Crippen LogP contribution is -2.29. The Kier molecular flexibility index (Phi) is 5.00. The topological polar surface area (TPSA) is 42.7 Å². The van der Waals surface area contributed by atoms with E-state index in [1.54, 1.807) is 0 Å². The molecule has 0 spiro atoms. The summed E-state index contributed by atoms with van der Waals surface area (Å²) in [6, 6.07) is 26.1. The number of pyridine rings is 1. The second kappa shape index (κ2) is 8.30. The van der Waals surface area contributed by atoms with Crippen molar-refractivity contribution in [3.8, 4) is 22.5 Å². The van der Waals surface area contributed by atoms with Gasteiger partial charge in [-0.2, -0.15) is 0 Å². The fraction of sp³-hybridized carbons (Fsp3) is 0.172. The summed E-state index contributed by atoms with van der Waals surface area (Å²) in [7, 11) is 0. The number of piperidine rings is 1. The highest BCUT2D eigenvalue weighted by Crippen LogP contribution is 2.36. The lowest BCUT2D eigenvalue weighted by molar-refractivity contribution is 0.376. The maximum absolute atomic E-state index is 5.24. The number of hydrogen-bond donors (Lipinski definition) is 1. The van der Waals surface area contributed by atoms with Crippen LogP contribution in [0.1, 0.15) is 24.4 Å². The van der Waals surface area contributed by atoms with Gasteiger partial charge in [-0.1, -0.05) is 67.3 Å². The molecule has 3 aromatic carbocycles. The van der Waals surface area contributed by atoms with Crippen molar-refractivity contribution in [2.75, 3.05) is 13.1 Å². The first kappa shape index (κ1) is 19.9. The minimum Gasteiger partial charge on any atom is -0.317 e. The van der Waals surface area contributed by atoms with E-state index in [4.69, 9.17) is 9.97 Å². The van der Waals surface area contributed by atoms with E-state index in [0.717, 1.165) is 59.6 Å². The van der Waals surface area contributed by atoms with Gasteiger partial charge < -0.3 is 9.88 Å². The molecule has 0 aliphatic carbocycles. The van der Waals surface area contributed by atoms with Crippen molar-refractivity contribution in [1.29, 1.82) is 0 Å². The molecule has 4 nitrogen and oxygen atoms in total. The molecule has 1 saturated heterocycles. The Hall–Kier alpha value is -3.76. The fourth-order valence-corrected chi connectivity index (χ4v) is 5.00. The number of benzene rings is 3. The molecule has 2 aromatic heterocycles. The Bertz CT molecular complexity index is 1470. The van der Waals surface area contributed by atoms with E-state index in [0.29, 0.717) is 6.04 Å². The van der Waals surface area contributed by atoms with Crippen LogP contribution in [0, 0.1) is 0 Å². The SMILES string of the molecule is C=Cc1cccc(-c2nc3c(-c4ccc5ccccc5c4)ccnc3n2C2CCNCC2)c1. The van der Waals surface area contributed by atoms with Crippen LogP contribution < -0.4 is 5.32 Å². The lowest BCUT2D eigenvalue weighted by atomic mass is 10.0. The summed E-state index contributed by atoms with van der Waals surface area (Å²) in [5.41, 5.74) is 6.42. The van der Waals surface area contributed by atoms with E-state index in [9.17, 15) is 0 Å². The first-order valence-electron chi connectivity index (χ1n) is 11.6. The van der Waals surface area contributed by atoms with Gasteiger partial charge in [0.2, 0.25) is 0 Å². The molecule has 6 rings (SSSR count). The largest absolute Gasteiger partial charge is 0.317 e. The Morgan fingerprint density at radius 2 is 1.73 bits per heavy atom. The van der Waals surface area contributed by atoms with Gasteiger partial charge in [0, 0.05) is 23.4 Å². The van der Waals surface area contributed by atoms with E-state index in [-0.39, 0.29) is 0 Å². The number of aromatic nitrogens is 3. The van der Waals surface area contributed by atoms with Crippen molar-refractivity contribution in [3.63, 3.8) is 0 Å². The third-order valence-corrected chi connectivity index (χ3v) is 6.69. The van der Waals surface area contributed by atoms with Crippen molar-refractivity contribution in [1.82, 2.24) is 19.9 Å². The second-order valence-electron chi connectivity index (χ2n) is 8.71. The monoisotopic (exact) mass is 430 g/mol. The lowest BCUT2D eigenvalue weighted by Gasteiger charge is -2.26. The maximum Gasteiger partial charge on any atom is 0.161 e. The molecule has 0 saturated carbocycles. The normalized spacial score (nSPS) is 14.7. The van der Waals surface area contributed by atoms with Crippen molar-refractivity contribution in [3.05, 3.63) is 91.1 Å². The summed E-state index contributed by atoms with van der Waals surface area (Å²) in [6.07, 6.45) is 5.96. The molecule has 1 aliphatic heterocycles. The average molecular weight is 431 g/mol. The summed E-state index contributed by atoms with van der Waals surface area (Å²) in [5.74, 6) is 0.987. The number of nitrogens with zero attached hydrogens (tertiary/aromatic N) is 3. The molecule has 0 radical (unpaired) electrons. The Labute approximate surface area is 193 Å². The molecule has 4 heteroatoms. The summed E-state index contributed by atoms with van der Waals surface area (Å²) < 4.78 is 2.38. The van der Waals surface area contributed by atoms with E-state index in [2.05, 4.69) is 89.3 Å². The molecule has 0 amide bonds. The number of nitrogens with one attached hydrogen (secondary N) is 1. The number of hydrogen-bond acceptors (Lipinski definition) is 3. The molecule has 0 unspecified atom stereocenters. The minimum absolute atomic E-state index is 0.373. The minimum atomic E-state index is 0.373. The first-order chi connectivity index (χ1) is 16.3. The van der Waals surface area contributed by atoms with E-state index < -0.39 is 0 Å². The van der Waals surface area contributed by atoms with Crippen molar-refractivity contribution in [2.45, 2.75) is 18.9 Å². The van der Waals surface area contributed by atoms with E-state index in [1.165, 1.54) is 16.3 Å². The van der Waals surface area contributed by atoms with Crippen LogP contribution in [0.3, 0.4) is 0 Å². The van der Waals surface area contributed by atoms with Gasteiger partial charge in [0.05, 0.1) is 0 Å². The molecular formula is C29H26N4. The van der Waals surface area contributed by atoms with Crippen LogP contribution in [0.25, 0.3) is 50.5 Å². The standard InChI is InChI=1S/C29H26N4/c1-2-20-6-5-9-24(18-20)28-32-27-26(23-11-10-21-7-3-4-8-22(21)19-23)14-17-31-29(27)33(28)25-12-15-30-16-13-25/h2-11,14,17-19,25,30H,1,12-13,15-16H2. The average Bonchev–Trinajstić information content (AvgIpc) is 3.29. The zero-order valence-electron chi connectivity index (χ0n) is 18.5. The van der Waals surface area contributed by atoms with Gasteiger partial charge in [0.1, 0.15) is 11.3 Å². The van der Waals surface area contributed by atoms with Crippen LogP contribution in [0.4, 0.5) is 0 Å². The fourth-order valence-electron chi connectivity index (χ4n) is 5.00. The molecule has 5 aromatic rings. The molecule has 1 N–H and O–H groups in total. The van der Waals surface area contributed by atoms with Crippen LogP contribution in [-0.4, -0.2) is 27.6 Å². The van der Waals surface area contributed by atoms with Crippen LogP contribution in [0.2, 0.25) is 0 Å². The molecule has 3 heterocycles. The van der Waals surface area contributed by atoms with Crippen LogP contribution in [-0.2, 0) is 0 Å². The van der Waals surface area contributed by atoms with Crippen LogP contribution >= 0.6 is 0 Å². The summed E-state index contributed by atoms with van der Waals surface area (Å²) in [4.78, 5) is 10.1. The quantitative estimate of drug-likeness (QED) is 0.355. The zero-order valence-corrected chi connectivity index (χ0v) is 18.5. The Morgan fingerprint density at radius 3 is 2.58 bits per heavy atom. The van der Waals surface area contributed by atoms with Gasteiger partial charge in [-0.25, -0.2) is 9.97 Å². The third-order valence-electron chi connectivity index (χ3n) is 6.69. The van der Waals surface area contributed by atoms with Crippen molar-refractivity contribution < 1.29 is 0 Å².